The van der Waals surface area contributed by atoms with Crippen molar-refractivity contribution in [2.75, 3.05) is 13.2 Å². The summed E-state index contributed by atoms with van der Waals surface area (Å²) in [5.41, 5.74) is 1.17. The average molecular weight is 197 g/mol. The zero-order chi connectivity index (χ0) is 10.4. The molecule has 14 heavy (non-hydrogen) atoms. The Morgan fingerprint density at radius 3 is 3.07 bits per heavy atom. The minimum absolute atomic E-state index is 0.180. The Morgan fingerprint density at radius 2 is 2.43 bits per heavy atom. The van der Waals surface area contributed by atoms with Crippen molar-refractivity contribution < 1.29 is 5.11 Å². The Bertz CT molecular complexity index is 260. The summed E-state index contributed by atoms with van der Waals surface area (Å²) in [6, 6.07) is 0.460. The van der Waals surface area contributed by atoms with E-state index in [-0.39, 0.29) is 6.61 Å². The number of aliphatic hydroxyl groups excluding tert-OH is 1. The van der Waals surface area contributed by atoms with Gasteiger partial charge < -0.3 is 10.4 Å². The summed E-state index contributed by atoms with van der Waals surface area (Å²) in [5.74, 6) is 0. The molecule has 0 saturated heterocycles. The summed E-state index contributed by atoms with van der Waals surface area (Å²) in [4.78, 5) is 0. The second kappa shape index (κ2) is 5.78. The Labute approximate surface area is 84.9 Å². The lowest BCUT2D eigenvalue weighted by Crippen LogP contribution is -2.17. The van der Waals surface area contributed by atoms with Crippen LogP contribution in [0.5, 0.6) is 0 Å². The highest BCUT2D eigenvalue weighted by Gasteiger charge is 2.03. The molecule has 4 nitrogen and oxygen atoms in total. The number of nitrogens with one attached hydrogen (secondary N) is 1. The predicted molar refractivity (Wildman–Crippen MR) is 56.0 cm³/mol. The Kier molecular flexibility index (Phi) is 4.62. The summed E-state index contributed by atoms with van der Waals surface area (Å²) < 4.78 is 1.98. The van der Waals surface area contributed by atoms with E-state index in [4.69, 9.17) is 5.11 Å². The van der Waals surface area contributed by atoms with Crippen molar-refractivity contribution in [2.24, 2.45) is 0 Å². The van der Waals surface area contributed by atoms with Crippen LogP contribution in [0.25, 0.3) is 0 Å². The Balaban J connectivity index is 2.42. The topological polar surface area (TPSA) is 50.1 Å². The van der Waals surface area contributed by atoms with E-state index in [0.717, 1.165) is 13.0 Å². The van der Waals surface area contributed by atoms with Crippen molar-refractivity contribution in [2.45, 2.75) is 32.9 Å². The van der Waals surface area contributed by atoms with Crippen LogP contribution in [0, 0.1) is 0 Å². The van der Waals surface area contributed by atoms with Crippen LogP contribution in [0.1, 0.15) is 31.9 Å². The first-order valence-corrected chi connectivity index (χ1v) is 5.12. The number of aromatic nitrogens is 2. The molecule has 1 aromatic heterocycles. The van der Waals surface area contributed by atoms with Crippen LogP contribution >= 0.6 is 0 Å². The van der Waals surface area contributed by atoms with Gasteiger partial charge in [0.1, 0.15) is 0 Å². The molecule has 80 valence electrons. The molecule has 4 heteroatoms. The number of aliphatic hydroxyl groups is 1. The van der Waals surface area contributed by atoms with E-state index in [1.165, 1.54) is 5.56 Å². The van der Waals surface area contributed by atoms with Gasteiger partial charge in [-0.3, -0.25) is 4.68 Å². The van der Waals surface area contributed by atoms with Crippen LogP contribution < -0.4 is 5.32 Å². The first kappa shape index (κ1) is 11.2. The standard InChI is InChI=1S/C10H19N3O/c1-3-9(2)13-8-10(7-12-13)6-11-4-5-14/h7-9,11,14H,3-6H2,1-2H3. The number of hydrogen-bond acceptors (Lipinski definition) is 3. The van der Waals surface area contributed by atoms with Crippen molar-refractivity contribution in [1.29, 1.82) is 0 Å². The first-order valence-electron chi connectivity index (χ1n) is 5.12. The van der Waals surface area contributed by atoms with Crippen molar-refractivity contribution >= 4 is 0 Å². The summed E-state index contributed by atoms with van der Waals surface area (Å²) in [7, 11) is 0. The lowest BCUT2D eigenvalue weighted by Gasteiger charge is -2.07. The Hall–Kier alpha value is -0.870. The zero-order valence-electron chi connectivity index (χ0n) is 8.90. The SMILES string of the molecule is CCC(C)n1cc(CNCCO)cn1. The molecule has 0 spiro atoms. The molecule has 0 saturated carbocycles. The van der Waals surface area contributed by atoms with Gasteiger partial charge in [0.05, 0.1) is 12.8 Å². The van der Waals surface area contributed by atoms with Crippen LogP contribution in [0.4, 0.5) is 0 Å². The highest BCUT2D eigenvalue weighted by Crippen LogP contribution is 2.09. The van der Waals surface area contributed by atoms with E-state index in [1.54, 1.807) is 0 Å². The minimum atomic E-state index is 0.180. The lowest BCUT2D eigenvalue weighted by molar-refractivity contribution is 0.292. The molecule has 0 radical (unpaired) electrons. The second-order valence-corrected chi connectivity index (χ2v) is 3.49. The van der Waals surface area contributed by atoms with Crippen molar-refractivity contribution in [1.82, 2.24) is 15.1 Å². The van der Waals surface area contributed by atoms with E-state index in [9.17, 15) is 0 Å². The van der Waals surface area contributed by atoms with Crippen LogP contribution in [-0.4, -0.2) is 28.0 Å². The van der Waals surface area contributed by atoms with Crippen LogP contribution in [-0.2, 0) is 6.54 Å². The normalized spacial score (nSPS) is 13.1. The fourth-order valence-electron chi connectivity index (χ4n) is 1.21. The fraction of sp³-hybridized carbons (Fsp3) is 0.700. The third kappa shape index (κ3) is 3.12. The van der Waals surface area contributed by atoms with Crippen LogP contribution in [0.2, 0.25) is 0 Å². The molecule has 2 N–H and O–H groups in total. The van der Waals surface area contributed by atoms with E-state index in [0.29, 0.717) is 12.6 Å². The van der Waals surface area contributed by atoms with Gasteiger partial charge in [0.25, 0.3) is 0 Å². The molecule has 1 atom stereocenters. The van der Waals surface area contributed by atoms with E-state index < -0.39 is 0 Å². The summed E-state index contributed by atoms with van der Waals surface area (Å²) in [6.07, 6.45) is 5.01. The summed E-state index contributed by atoms with van der Waals surface area (Å²) >= 11 is 0. The van der Waals surface area contributed by atoms with Gasteiger partial charge >= 0.3 is 0 Å². The van der Waals surface area contributed by atoms with Crippen LogP contribution in [0.3, 0.4) is 0 Å². The number of nitrogens with zero attached hydrogens (tertiary/aromatic N) is 2. The molecule has 0 aromatic carbocycles. The minimum Gasteiger partial charge on any atom is -0.395 e. The molecule has 1 rings (SSSR count). The quantitative estimate of drug-likeness (QED) is 0.667. The van der Waals surface area contributed by atoms with Gasteiger partial charge in [-0.15, -0.1) is 0 Å². The largest absolute Gasteiger partial charge is 0.395 e. The number of hydrogen-bond donors (Lipinski definition) is 2. The van der Waals surface area contributed by atoms with E-state index in [1.807, 2.05) is 10.9 Å². The van der Waals surface area contributed by atoms with Gasteiger partial charge in [0.2, 0.25) is 0 Å². The molecule has 0 fully saturated rings. The lowest BCUT2D eigenvalue weighted by atomic mass is 10.3. The van der Waals surface area contributed by atoms with E-state index in [2.05, 4.69) is 30.5 Å². The molecular weight excluding hydrogens is 178 g/mol. The molecule has 0 aliphatic rings. The van der Waals surface area contributed by atoms with Gasteiger partial charge in [0.15, 0.2) is 0 Å². The molecule has 1 aromatic rings. The van der Waals surface area contributed by atoms with Gasteiger partial charge in [-0.05, 0) is 13.3 Å². The summed E-state index contributed by atoms with van der Waals surface area (Å²) in [6.45, 7) is 5.89. The molecule has 0 aliphatic carbocycles. The average Bonchev–Trinajstić information content (AvgIpc) is 2.66. The smallest absolute Gasteiger partial charge is 0.0556 e. The number of rotatable bonds is 6. The maximum Gasteiger partial charge on any atom is 0.0556 e. The van der Waals surface area contributed by atoms with Gasteiger partial charge in [-0.25, -0.2) is 0 Å². The predicted octanol–water partition coefficient (Wildman–Crippen LogP) is 0.936. The second-order valence-electron chi connectivity index (χ2n) is 3.49. The van der Waals surface area contributed by atoms with Gasteiger partial charge in [-0.1, -0.05) is 6.92 Å². The first-order chi connectivity index (χ1) is 6.77. The monoisotopic (exact) mass is 197 g/mol. The van der Waals surface area contributed by atoms with Crippen molar-refractivity contribution in [3.8, 4) is 0 Å². The highest BCUT2D eigenvalue weighted by molar-refractivity contribution is 5.03. The molecule has 1 unspecified atom stereocenters. The molecule has 0 amide bonds. The van der Waals surface area contributed by atoms with Gasteiger partial charge in [-0.2, -0.15) is 5.10 Å². The fourth-order valence-corrected chi connectivity index (χ4v) is 1.21. The third-order valence-corrected chi connectivity index (χ3v) is 2.32. The maximum atomic E-state index is 8.59. The molecule has 0 bridgehead atoms. The van der Waals surface area contributed by atoms with E-state index >= 15 is 0 Å². The van der Waals surface area contributed by atoms with Crippen LogP contribution in [0.15, 0.2) is 12.4 Å². The van der Waals surface area contributed by atoms with Crippen molar-refractivity contribution in [3.05, 3.63) is 18.0 Å². The molecule has 1 heterocycles. The molecular formula is C10H19N3O. The Morgan fingerprint density at radius 1 is 1.64 bits per heavy atom. The van der Waals surface area contributed by atoms with Crippen molar-refractivity contribution in [3.63, 3.8) is 0 Å². The van der Waals surface area contributed by atoms with Gasteiger partial charge in [0, 0.05) is 30.9 Å². The summed E-state index contributed by atoms with van der Waals surface area (Å²) in [5, 5.41) is 16.0. The maximum absolute atomic E-state index is 8.59. The third-order valence-electron chi connectivity index (χ3n) is 2.32. The zero-order valence-corrected chi connectivity index (χ0v) is 8.90. The molecule has 0 aliphatic heterocycles. The highest BCUT2D eigenvalue weighted by atomic mass is 16.3.